The van der Waals surface area contributed by atoms with Gasteiger partial charge in [-0.15, -0.1) is 0 Å². The number of halogens is 1. The number of hydrogen-bond donors (Lipinski definition) is 1. The molecule has 1 rings (SSSR count). The molecule has 0 spiro atoms. The Morgan fingerprint density at radius 2 is 2.11 bits per heavy atom. The van der Waals surface area contributed by atoms with Crippen molar-refractivity contribution in [3.8, 4) is 0 Å². The van der Waals surface area contributed by atoms with Crippen LogP contribution in [0.4, 0.5) is 4.39 Å². The van der Waals surface area contributed by atoms with E-state index in [0.29, 0.717) is 12.0 Å². The summed E-state index contributed by atoms with van der Waals surface area (Å²) < 4.78 is 18.1. The van der Waals surface area contributed by atoms with Crippen LogP contribution in [-0.4, -0.2) is 23.8 Å². The molecule has 0 amide bonds. The van der Waals surface area contributed by atoms with Crippen LogP contribution in [0.1, 0.15) is 38.7 Å². The van der Waals surface area contributed by atoms with E-state index in [1.54, 1.807) is 26.0 Å². The molecule has 0 heterocycles. The number of hydrogen-bond acceptors (Lipinski definition) is 3. The lowest BCUT2D eigenvalue weighted by Gasteiger charge is -2.36. The minimum atomic E-state index is -1.66. The molecule has 4 heteroatoms. The van der Waals surface area contributed by atoms with E-state index in [0.717, 1.165) is 0 Å². The predicted octanol–water partition coefficient (Wildman–Crippen LogP) is 2.88. The Hall–Kier alpha value is -1.42. The maximum absolute atomic E-state index is 13.3. The summed E-state index contributed by atoms with van der Waals surface area (Å²) >= 11 is 0. The second kappa shape index (κ2) is 6.15. The van der Waals surface area contributed by atoms with Crippen LogP contribution in [0.15, 0.2) is 24.3 Å². The Balaban J connectivity index is 3.29. The first-order valence-corrected chi connectivity index (χ1v) is 6.44. The van der Waals surface area contributed by atoms with Crippen LogP contribution in [0.25, 0.3) is 0 Å². The third kappa shape index (κ3) is 2.95. The molecule has 106 valence electrons. The van der Waals surface area contributed by atoms with E-state index >= 15 is 0 Å². The normalized spacial score (nSPS) is 15.9. The van der Waals surface area contributed by atoms with E-state index in [1.807, 2.05) is 6.92 Å². The first-order valence-electron chi connectivity index (χ1n) is 6.44. The molecule has 2 unspecified atom stereocenters. The van der Waals surface area contributed by atoms with Gasteiger partial charge in [0.15, 0.2) is 5.60 Å². The second-order valence-electron chi connectivity index (χ2n) is 4.99. The first kappa shape index (κ1) is 15.6. The Morgan fingerprint density at radius 3 is 2.53 bits per heavy atom. The van der Waals surface area contributed by atoms with Gasteiger partial charge in [-0.2, -0.15) is 0 Å². The second-order valence-corrected chi connectivity index (χ2v) is 4.99. The van der Waals surface area contributed by atoms with E-state index in [1.165, 1.54) is 19.2 Å². The van der Waals surface area contributed by atoms with Gasteiger partial charge in [-0.1, -0.05) is 32.9 Å². The number of ether oxygens (including phenoxy) is 1. The maximum atomic E-state index is 13.3. The fraction of sp³-hybridized carbons (Fsp3) is 0.533. The van der Waals surface area contributed by atoms with Crippen molar-refractivity contribution in [3.63, 3.8) is 0 Å². The molecule has 0 fully saturated rings. The van der Waals surface area contributed by atoms with Crippen molar-refractivity contribution >= 4 is 5.97 Å². The zero-order valence-electron chi connectivity index (χ0n) is 11.8. The van der Waals surface area contributed by atoms with E-state index in [2.05, 4.69) is 0 Å². The first-order chi connectivity index (χ1) is 8.87. The Kier molecular flexibility index (Phi) is 5.06. The SMILES string of the molecule is CCC(c1cccc(F)c1)C(O)(C(=O)OC)C(C)C. The largest absolute Gasteiger partial charge is 0.467 e. The number of esters is 1. The van der Waals surface area contributed by atoms with Crippen molar-refractivity contribution in [2.75, 3.05) is 7.11 Å². The van der Waals surface area contributed by atoms with Gasteiger partial charge in [-0.25, -0.2) is 9.18 Å². The molecule has 1 aromatic carbocycles. The summed E-state index contributed by atoms with van der Waals surface area (Å²) in [5, 5.41) is 10.8. The summed E-state index contributed by atoms with van der Waals surface area (Å²) in [4.78, 5) is 12.0. The van der Waals surface area contributed by atoms with Crippen molar-refractivity contribution in [3.05, 3.63) is 35.6 Å². The Labute approximate surface area is 113 Å². The molecule has 2 atom stereocenters. The van der Waals surface area contributed by atoms with Crippen molar-refractivity contribution in [2.45, 2.75) is 38.7 Å². The van der Waals surface area contributed by atoms with Crippen LogP contribution in [0.2, 0.25) is 0 Å². The van der Waals surface area contributed by atoms with Crippen LogP contribution in [0.3, 0.4) is 0 Å². The zero-order valence-corrected chi connectivity index (χ0v) is 11.8. The summed E-state index contributed by atoms with van der Waals surface area (Å²) in [6.07, 6.45) is 0.507. The van der Waals surface area contributed by atoms with Gasteiger partial charge in [-0.05, 0) is 30.0 Å². The van der Waals surface area contributed by atoms with Crippen LogP contribution in [0.5, 0.6) is 0 Å². The monoisotopic (exact) mass is 268 g/mol. The van der Waals surface area contributed by atoms with Gasteiger partial charge in [0.1, 0.15) is 5.82 Å². The number of benzene rings is 1. The lowest BCUT2D eigenvalue weighted by molar-refractivity contribution is -0.171. The summed E-state index contributed by atoms with van der Waals surface area (Å²) in [6, 6.07) is 5.98. The molecule has 3 nitrogen and oxygen atoms in total. The summed E-state index contributed by atoms with van der Waals surface area (Å²) in [5.74, 6) is -1.91. The lowest BCUT2D eigenvalue weighted by atomic mass is 9.73. The van der Waals surface area contributed by atoms with E-state index < -0.39 is 17.5 Å². The molecule has 0 aliphatic heterocycles. The smallest absolute Gasteiger partial charge is 0.338 e. The average Bonchev–Trinajstić information content (AvgIpc) is 2.38. The van der Waals surface area contributed by atoms with Gasteiger partial charge in [-0.3, -0.25) is 0 Å². The number of methoxy groups -OCH3 is 1. The molecule has 0 aliphatic rings. The summed E-state index contributed by atoms with van der Waals surface area (Å²) in [5.41, 5.74) is -1.05. The van der Waals surface area contributed by atoms with E-state index in [4.69, 9.17) is 4.74 Å². The molecule has 0 saturated heterocycles. The standard InChI is InChI=1S/C15H21FO3/c1-5-13(11-7-6-8-12(16)9-11)15(18,10(2)3)14(17)19-4/h6-10,13,18H,5H2,1-4H3. The quantitative estimate of drug-likeness (QED) is 0.835. The molecule has 0 bridgehead atoms. The third-order valence-corrected chi connectivity index (χ3v) is 3.58. The highest BCUT2D eigenvalue weighted by atomic mass is 19.1. The zero-order chi connectivity index (χ0) is 14.6. The number of carbonyl (C=O) groups excluding carboxylic acids is 1. The third-order valence-electron chi connectivity index (χ3n) is 3.58. The van der Waals surface area contributed by atoms with Gasteiger partial charge in [0, 0.05) is 5.92 Å². The minimum absolute atomic E-state index is 0.340. The van der Waals surface area contributed by atoms with Gasteiger partial charge < -0.3 is 9.84 Å². The maximum Gasteiger partial charge on any atom is 0.338 e. The molecule has 0 saturated carbocycles. The number of rotatable bonds is 5. The lowest BCUT2D eigenvalue weighted by Crippen LogP contribution is -2.49. The van der Waals surface area contributed by atoms with Gasteiger partial charge in [0.05, 0.1) is 7.11 Å². The average molecular weight is 268 g/mol. The highest BCUT2D eigenvalue weighted by molar-refractivity contribution is 5.81. The topological polar surface area (TPSA) is 46.5 Å². The fourth-order valence-electron chi connectivity index (χ4n) is 2.47. The molecule has 19 heavy (non-hydrogen) atoms. The van der Waals surface area contributed by atoms with E-state index in [-0.39, 0.29) is 11.7 Å². The Morgan fingerprint density at radius 1 is 1.47 bits per heavy atom. The summed E-state index contributed by atoms with van der Waals surface area (Å²) in [6.45, 7) is 5.35. The van der Waals surface area contributed by atoms with Gasteiger partial charge in [0.2, 0.25) is 0 Å². The van der Waals surface area contributed by atoms with Crippen molar-refractivity contribution < 1.29 is 19.0 Å². The Bertz CT molecular complexity index is 445. The molecule has 0 aromatic heterocycles. The molecular weight excluding hydrogens is 247 g/mol. The number of aliphatic hydroxyl groups is 1. The van der Waals surface area contributed by atoms with E-state index in [9.17, 15) is 14.3 Å². The van der Waals surface area contributed by atoms with Crippen molar-refractivity contribution in [1.29, 1.82) is 0 Å². The fourth-order valence-corrected chi connectivity index (χ4v) is 2.47. The number of carbonyl (C=O) groups is 1. The van der Waals surface area contributed by atoms with Crippen LogP contribution < -0.4 is 0 Å². The van der Waals surface area contributed by atoms with Crippen molar-refractivity contribution in [1.82, 2.24) is 0 Å². The molecule has 1 aromatic rings. The van der Waals surface area contributed by atoms with Crippen molar-refractivity contribution in [2.24, 2.45) is 5.92 Å². The van der Waals surface area contributed by atoms with Crippen LogP contribution in [0, 0.1) is 11.7 Å². The van der Waals surface area contributed by atoms with Crippen LogP contribution >= 0.6 is 0 Å². The highest BCUT2D eigenvalue weighted by Crippen LogP contribution is 2.38. The van der Waals surface area contributed by atoms with Gasteiger partial charge >= 0.3 is 5.97 Å². The molecule has 0 aliphatic carbocycles. The highest BCUT2D eigenvalue weighted by Gasteiger charge is 2.47. The predicted molar refractivity (Wildman–Crippen MR) is 71.2 cm³/mol. The molecular formula is C15H21FO3. The summed E-state index contributed by atoms with van der Waals surface area (Å²) in [7, 11) is 1.24. The van der Waals surface area contributed by atoms with Crippen LogP contribution in [-0.2, 0) is 9.53 Å². The minimum Gasteiger partial charge on any atom is -0.467 e. The molecule has 0 radical (unpaired) electrons. The van der Waals surface area contributed by atoms with Gasteiger partial charge in [0.25, 0.3) is 0 Å². The molecule has 1 N–H and O–H groups in total.